The van der Waals surface area contributed by atoms with Gasteiger partial charge in [-0.25, -0.2) is 0 Å². The van der Waals surface area contributed by atoms with Gasteiger partial charge in [0.25, 0.3) is 5.91 Å². The second-order valence-corrected chi connectivity index (χ2v) is 7.09. The smallest absolute Gasteiger partial charge is 0.251 e. The number of hydrogen-bond donors (Lipinski definition) is 2. The van der Waals surface area contributed by atoms with E-state index >= 15 is 0 Å². The normalized spacial score (nSPS) is 17.7. The molecule has 2 N–H and O–H groups in total. The minimum Gasteiger partial charge on any atom is -0.347 e. The Bertz CT molecular complexity index is 471. The van der Waals surface area contributed by atoms with E-state index in [1.807, 2.05) is 12.1 Å². The van der Waals surface area contributed by atoms with Crippen LogP contribution in [0.4, 0.5) is 0 Å². The second-order valence-electron chi connectivity index (χ2n) is 7.09. The first-order valence-electron chi connectivity index (χ1n) is 7.44. The van der Waals surface area contributed by atoms with Gasteiger partial charge in [-0.2, -0.15) is 0 Å². The molecule has 1 aliphatic heterocycles. The van der Waals surface area contributed by atoms with Gasteiger partial charge in [0.1, 0.15) is 0 Å². The number of carbonyl (C=O) groups is 1. The minimum absolute atomic E-state index is 0. The lowest BCUT2D eigenvalue weighted by atomic mass is 9.86. The maximum Gasteiger partial charge on any atom is 0.251 e. The van der Waals surface area contributed by atoms with Crippen LogP contribution in [0.1, 0.15) is 56.5 Å². The number of piperidine rings is 1. The summed E-state index contributed by atoms with van der Waals surface area (Å²) in [4.78, 5) is 12.3. The number of nitrogens with one attached hydrogen (secondary N) is 2. The molecule has 1 aromatic rings. The van der Waals surface area contributed by atoms with Crippen LogP contribution in [0.25, 0.3) is 0 Å². The third-order valence-electron chi connectivity index (χ3n) is 4.14. The molecule has 0 aliphatic carbocycles. The van der Waals surface area contributed by atoms with E-state index in [1.54, 1.807) is 0 Å². The molecule has 0 aromatic heterocycles. The molecule has 0 saturated carbocycles. The van der Waals surface area contributed by atoms with Gasteiger partial charge in [0, 0.05) is 11.1 Å². The highest BCUT2D eigenvalue weighted by atomic mass is 35.5. The quantitative estimate of drug-likeness (QED) is 0.880. The van der Waals surface area contributed by atoms with Crippen molar-refractivity contribution in [2.75, 3.05) is 13.1 Å². The van der Waals surface area contributed by atoms with Crippen LogP contribution in [0.15, 0.2) is 24.3 Å². The Kier molecular flexibility index (Phi) is 5.83. The maximum atomic E-state index is 12.3. The third kappa shape index (κ3) is 4.72. The number of rotatable bonds is 2. The zero-order valence-corrected chi connectivity index (χ0v) is 14.3. The van der Waals surface area contributed by atoms with E-state index in [2.05, 4.69) is 50.5 Å². The molecule has 1 aromatic carbocycles. The van der Waals surface area contributed by atoms with Crippen LogP contribution in [0, 0.1) is 0 Å². The first-order valence-corrected chi connectivity index (χ1v) is 7.44. The fourth-order valence-corrected chi connectivity index (χ4v) is 2.57. The van der Waals surface area contributed by atoms with Gasteiger partial charge in [-0.15, -0.1) is 12.4 Å². The second kappa shape index (κ2) is 6.80. The van der Waals surface area contributed by atoms with Gasteiger partial charge >= 0.3 is 0 Å². The van der Waals surface area contributed by atoms with E-state index < -0.39 is 0 Å². The Morgan fingerprint density at radius 3 is 2.14 bits per heavy atom. The number of carbonyl (C=O) groups excluding carboxylic acids is 1. The van der Waals surface area contributed by atoms with Crippen LogP contribution in [0.3, 0.4) is 0 Å². The molecular formula is C17H27ClN2O. The topological polar surface area (TPSA) is 41.1 Å². The van der Waals surface area contributed by atoms with Gasteiger partial charge in [0.15, 0.2) is 0 Å². The Hall–Kier alpha value is -1.06. The van der Waals surface area contributed by atoms with Crippen molar-refractivity contribution in [2.24, 2.45) is 0 Å². The molecule has 0 bridgehead atoms. The molecule has 3 nitrogen and oxygen atoms in total. The molecule has 0 spiro atoms. The monoisotopic (exact) mass is 310 g/mol. The van der Waals surface area contributed by atoms with Crippen LogP contribution in [-0.4, -0.2) is 24.5 Å². The Morgan fingerprint density at radius 2 is 1.67 bits per heavy atom. The van der Waals surface area contributed by atoms with Gasteiger partial charge in [-0.3, -0.25) is 4.79 Å². The molecule has 1 aliphatic rings. The van der Waals surface area contributed by atoms with E-state index in [0.29, 0.717) is 0 Å². The van der Waals surface area contributed by atoms with Crippen LogP contribution in [0.2, 0.25) is 0 Å². The molecule has 0 atom stereocenters. The van der Waals surface area contributed by atoms with Gasteiger partial charge in [-0.05, 0) is 56.0 Å². The number of halogens is 1. The fraction of sp³-hybridized carbons (Fsp3) is 0.588. The van der Waals surface area contributed by atoms with Crippen LogP contribution < -0.4 is 10.6 Å². The van der Waals surface area contributed by atoms with Crippen LogP contribution in [0.5, 0.6) is 0 Å². The standard InChI is InChI=1S/C17H26N2O.ClH/c1-16(2,3)14-7-5-13(6-8-14)15(20)19-17(4)9-11-18-12-10-17;/h5-8,18H,9-12H2,1-4H3,(H,19,20);1H. The lowest BCUT2D eigenvalue weighted by Gasteiger charge is -2.35. The molecule has 0 radical (unpaired) electrons. The minimum atomic E-state index is -0.0783. The SMILES string of the molecule is CC1(NC(=O)c2ccc(C(C)(C)C)cc2)CCNCC1.Cl. The van der Waals surface area contributed by atoms with Gasteiger partial charge in [0.05, 0.1) is 0 Å². The largest absolute Gasteiger partial charge is 0.347 e. The van der Waals surface area contributed by atoms with Crippen molar-refractivity contribution in [1.29, 1.82) is 0 Å². The molecule has 1 fully saturated rings. The zero-order chi connectivity index (χ0) is 14.8. The first kappa shape index (κ1) is 18.0. The van der Waals surface area contributed by atoms with Crippen molar-refractivity contribution in [2.45, 2.75) is 51.5 Å². The van der Waals surface area contributed by atoms with Crippen molar-refractivity contribution in [3.8, 4) is 0 Å². The van der Waals surface area contributed by atoms with Gasteiger partial charge < -0.3 is 10.6 Å². The summed E-state index contributed by atoms with van der Waals surface area (Å²) < 4.78 is 0. The predicted molar refractivity (Wildman–Crippen MR) is 90.4 cm³/mol. The first-order chi connectivity index (χ1) is 9.30. The predicted octanol–water partition coefficient (Wildman–Crippen LogP) is 3.28. The zero-order valence-electron chi connectivity index (χ0n) is 13.5. The fourth-order valence-electron chi connectivity index (χ4n) is 2.57. The number of hydrogen-bond acceptors (Lipinski definition) is 2. The van der Waals surface area contributed by atoms with E-state index in [4.69, 9.17) is 0 Å². The summed E-state index contributed by atoms with van der Waals surface area (Å²) in [5.74, 6) is 0.0369. The maximum absolute atomic E-state index is 12.3. The van der Waals surface area contributed by atoms with Crippen molar-refractivity contribution >= 4 is 18.3 Å². The summed E-state index contributed by atoms with van der Waals surface area (Å²) in [6.07, 6.45) is 1.97. The van der Waals surface area contributed by atoms with E-state index in [1.165, 1.54) is 5.56 Å². The Labute approximate surface area is 134 Å². The lowest BCUT2D eigenvalue weighted by Crippen LogP contribution is -2.52. The summed E-state index contributed by atoms with van der Waals surface area (Å²) in [5, 5.41) is 6.52. The average Bonchev–Trinajstić information content (AvgIpc) is 2.38. The molecule has 2 rings (SSSR count). The molecule has 1 heterocycles. The van der Waals surface area contributed by atoms with E-state index in [9.17, 15) is 4.79 Å². The van der Waals surface area contributed by atoms with Crippen molar-refractivity contribution in [1.82, 2.24) is 10.6 Å². The Morgan fingerprint density at radius 1 is 1.14 bits per heavy atom. The van der Waals surface area contributed by atoms with Crippen molar-refractivity contribution in [3.63, 3.8) is 0 Å². The van der Waals surface area contributed by atoms with E-state index in [0.717, 1.165) is 31.5 Å². The summed E-state index contributed by atoms with van der Waals surface area (Å²) in [5.41, 5.74) is 2.04. The summed E-state index contributed by atoms with van der Waals surface area (Å²) in [6.45, 7) is 10.6. The number of amides is 1. The molecular weight excluding hydrogens is 284 g/mol. The molecule has 0 unspecified atom stereocenters. The highest BCUT2D eigenvalue weighted by Crippen LogP contribution is 2.23. The van der Waals surface area contributed by atoms with Crippen molar-refractivity contribution in [3.05, 3.63) is 35.4 Å². The Balaban J connectivity index is 0.00000220. The molecule has 21 heavy (non-hydrogen) atoms. The number of benzene rings is 1. The van der Waals surface area contributed by atoms with E-state index in [-0.39, 0.29) is 29.3 Å². The highest BCUT2D eigenvalue weighted by Gasteiger charge is 2.28. The molecule has 118 valence electrons. The van der Waals surface area contributed by atoms with Crippen LogP contribution in [-0.2, 0) is 5.41 Å². The summed E-state index contributed by atoms with van der Waals surface area (Å²) in [7, 11) is 0. The third-order valence-corrected chi connectivity index (χ3v) is 4.14. The van der Waals surface area contributed by atoms with Crippen LogP contribution >= 0.6 is 12.4 Å². The lowest BCUT2D eigenvalue weighted by molar-refractivity contribution is 0.0887. The highest BCUT2D eigenvalue weighted by molar-refractivity contribution is 5.94. The summed E-state index contributed by atoms with van der Waals surface area (Å²) in [6, 6.07) is 7.97. The average molecular weight is 311 g/mol. The molecule has 1 saturated heterocycles. The summed E-state index contributed by atoms with van der Waals surface area (Å²) >= 11 is 0. The van der Waals surface area contributed by atoms with Gasteiger partial charge in [-0.1, -0.05) is 32.9 Å². The van der Waals surface area contributed by atoms with Crippen molar-refractivity contribution < 1.29 is 4.79 Å². The molecule has 1 amide bonds. The van der Waals surface area contributed by atoms with Gasteiger partial charge in [0.2, 0.25) is 0 Å². The molecule has 4 heteroatoms.